The first-order valence-electron chi connectivity index (χ1n) is 8.81. The topological polar surface area (TPSA) is 111 Å². The predicted octanol–water partition coefficient (Wildman–Crippen LogP) is 1.86. The molecule has 0 spiro atoms. The molecule has 2 N–H and O–H groups in total. The van der Waals surface area contributed by atoms with E-state index in [0.717, 1.165) is 43.3 Å². The fourth-order valence-electron chi connectivity index (χ4n) is 2.86. The first-order chi connectivity index (χ1) is 12.0. The Hall–Kier alpha value is -2.45. The zero-order chi connectivity index (χ0) is 17.8. The van der Waals surface area contributed by atoms with Crippen molar-refractivity contribution in [3.8, 4) is 0 Å². The van der Waals surface area contributed by atoms with Crippen LogP contribution in [0.2, 0.25) is 0 Å². The Morgan fingerprint density at radius 1 is 1.40 bits per heavy atom. The van der Waals surface area contributed by atoms with Crippen molar-refractivity contribution >= 4 is 6.03 Å². The van der Waals surface area contributed by atoms with E-state index in [4.69, 9.17) is 4.52 Å². The second kappa shape index (κ2) is 7.62. The molecule has 9 heteroatoms. The number of carbonyl (C=O) groups is 1. The summed E-state index contributed by atoms with van der Waals surface area (Å²) in [5.41, 5.74) is 0. The largest absolute Gasteiger partial charge is 0.339 e. The van der Waals surface area contributed by atoms with Crippen molar-refractivity contribution in [1.29, 1.82) is 0 Å². The van der Waals surface area contributed by atoms with Gasteiger partial charge in [-0.05, 0) is 26.2 Å². The average Bonchev–Trinajstić information content (AvgIpc) is 3.18. The third kappa shape index (κ3) is 4.34. The van der Waals surface area contributed by atoms with Crippen LogP contribution in [0.5, 0.6) is 0 Å². The number of urea groups is 1. The molecule has 2 amide bonds. The van der Waals surface area contributed by atoms with Gasteiger partial charge in [0.2, 0.25) is 5.89 Å². The number of fused-ring (bicyclic) bond motifs is 1. The van der Waals surface area contributed by atoms with Crippen molar-refractivity contribution in [2.24, 2.45) is 0 Å². The molecule has 9 nitrogen and oxygen atoms in total. The van der Waals surface area contributed by atoms with E-state index in [1.54, 1.807) is 0 Å². The molecular formula is C16H25N7O2. The summed E-state index contributed by atoms with van der Waals surface area (Å²) in [4.78, 5) is 20.8. The van der Waals surface area contributed by atoms with Gasteiger partial charge in [-0.25, -0.2) is 14.5 Å². The van der Waals surface area contributed by atoms with Crippen LogP contribution in [-0.2, 0) is 13.0 Å². The quantitative estimate of drug-likeness (QED) is 0.772. The molecule has 0 radical (unpaired) electrons. The first-order valence-corrected chi connectivity index (χ1v) is 8.81. The number of aromatic nitrogens is 5. The third-order valence-electron chi connectivity index (χ3n) is 4.14. The van der Waals surface area contributed by atoms with Gasteiger partial charge in [-0.2, -0.15) is 10.1 Å². The molecule has 0 saturated heterocycles. The third-order valence-corrected chi connectivity index (χ3v) is 4.14. The molecule has 0 aliphatic carbocycles. The fourth-order valence-corrected chi connectivity index (χ4v) is 2.86. The molecule has 0 saturated carbocycles. The summed E-state index contributed by atoms with van der Waals surface area (Å²) >= 11 is 0. The van der Waals surface area contributed by atoms with Crippen LogP contribution in [0, 0.1) is 6.92 Å². The zero-order valence-corrected chi connectivity index (χ0v) is 14.9. The highest BCUT2D eigenvalue weighted by molar-refractivity contribution is 5.74. The molecule has 1 atom stereocenters. The van der Waals surface area contributed by atoms with Gasteiger partial charge in [-0.3, -0.25) is 0 Å². The summed E-state index contributed by atoms with van der Waals surface area (Å²) in [5.74, 6) is 3.16. The van der Waals surface area contributed by atoms with Crippen LogP contribution < -0.4 is 10.6 Å². The maximum Gasteiger partial charge on any atom is 0.315 e. The number of nitrogens with zero attached hydrogens (tertiary/aromatic N) is 5. The van der Waals surface area contributed by atoms with Crippen LogP contribution in [-0.4, -0.2) is 37.5 Å². The first kappa shape index (κ1) is 17.4. The Morgan fingerprint density at radius 3 is 3.00 bits per heavy atom. The monoisotopic (exact) mass is 347 g/mol. The van der Waals surface area contributed by atoms with E-state index in [-0.39, 0.29) is 18.0 Å². The van der Waals surface area contributed by atoms with Gasteiger partial charge in [0.05, 0.1) is 6.04 Å². The van der Waals surface area contributed by atoms with E-state index in [1.165, 1.54) is 0 Å². The summed E-state index contributed by atoms with van der Waals surface area (Å²) < 4.78 is 7.07. The molecular weight excluding hydrogens is 322 g/mol. The molecule has 25 heavy (non-hydrogen) atoms. The fraction of sp³-hybridized carbons (Fsp3) is 0.688. The second-order valence-electron chi connectivity index (χ2n) is 6.64. The Kier molecular flexibility index (Phi) is 5.30. The standard InChI is InChI=1S/C16H25N7O2/c1-10(2)14-20-13(25-22-14)7-4-8-17-16(24)19-12-6-5-9-23-15(12)18-11(3)21-23/h10,12H,4-9H2,1-3H3,(H2,17,19,24)/t12-/m1/s1. The summed E-state index contributed by atoms with van der Waals surface area (Å²) in [6.07, 6.45) is 3.26. The molecule has 1 aliphatic heterocycles. The molecule has 0 fully saturated rings. The number of rotatable bonds is 6. The van der Waals surface area contributed by atoms with Crippen molar-refractivity contribution < 1.29 is 9.32 Å². The van der Waals surface area contributed by atoms with E-state index in [1.807, 2.05) is 25.5 Å². The minimum absolute atomic E-state index is 0.0838. The van der Waals surface area contributed by atoms with Gasteiger partial charge in [0.25, 0.3) is 0 Å². The maximum absolute atomic E-state index is 12.1. The number of aryl methyl sites for hydroxylation is 3. The SMILES string of the molecule is Cc1nc2n(n1)CCC[C@H]2NC(=O)NCCCc1nc(C(C)C)no1. The van der Waals surface area contributed by atoms with Gasteiger partial charge < -0.3 is 15.2 Å². The van der Waals surface area contributed by atoms with Crippen LogP contribution in [0.25, 0.3) is 0 Å². The van der Waals surface area contributed by atoms with Crippen molar-refractivity contribution in [1.82, 2.24) is 35.5 Å². The zero-order valence-electron chi connectivity index (χ0n) is 14.9. The predicted molar refractivity (Wildman–Crippen MR) is 90.0 cm³/mol. The van der Waals surface area contributed by atoms with Crippen molar-refractivity contribution in [3.63, 3.8) is 0 Å². The number of hydrogen-bond acceptors (Lipinski definition) is 6. The van der Waals surface area contributed by atoms with E-state index in [0.29, 0.717) is 18.9 Å². The molecule has 3 rings (SSSR count). The van der Waals surface area contributed by atoms with Gasteiger partial charge >= 0.3 is 6.03 Å². The highest BCUT2D eigenvalue weighted by Gasteiger charge is 2.24. The Balaban J connectivity index is 1.41. The van der Waals surface area contributed by atoms with Crippen molar-refractivity contribution in [2.45, 2.75) is 65.0 Å². The lowest BCUT2D eigenvalue weighted by atomic mass is 10.1. The van der Waals surface area contributed by atoms with Crippen LogP contribution >= 0.6 is 0 Å². The average molecular weight is 347 g/mol. The second-order valence-corrected chi connectivity index (χ2v) is 6.64. The van der Waals surface area contributed by atoms with Crippen molar-refractivity contribution in [3.05, 3.63) is 23.4 Å². The molecule has 136 valence electrons. The van der Waals surface area contributed by atoms with Crippen LogP contribution in [0.4, 0.5) is 4.79 Å². The molecule has 0 bridgehead atoms. The number of hydrogen-bond donors (Lipinski definition) is 2. The number of amides is 2. The van der Waals surface area contributed by atoms with Gasteiger partial charge in [0.15, 0.2) is 5.82 Å². The molecule has 3 heterocycles. The number of carbonyl (C=O) groups excluding carboxylic acids is 1. The maximum atomic E-state index is 12.1. The highest BCUT2D eigenvalue weighted by atomic mass is 16.5. The van der Waals surface area contributed by atoms with E-state index in [9.17, 15) is 4.79 Å². The van der Waals surface area contributed by atoms with Gasteiger partial charge in [0.1, 0.15) is 11.6 Å². The van der Waals surface area contributed by atoms with Gasteiger partial charge in [-0.1, -0.05) is 19.0 Å². The van der Waals surface area contributed by atoms with Gasteiger partial charge in [-0.15, -0.1) is 0 Å². The normalized spacial score (nSPS) is 16.7. The smallest absolute Gasteiger partial charge is 0.315 e. The van der Waals surface area contributed by atoms with Crippen LogP contribution in [0.3, 0.4) is 0 Å². The van der Waals surface area contributed by atoms with Crippen molar-refractivity contribution in [2.75, 3.05) is 6.54 Å². The minimum Gasteiger partial charge on any atom is -0.339 e. The Morgan fingerprint density at radius 2 is 2.24 bits per heavy atom. The molecule has 2 aromatic rings. The highest BCUT2D eigenvalue weighted by Crippen LogP contribution is 2.22. The summed E-state index contributed by atoms with van der Waals surface area (Å²) in [7, 11) is 0. The van der Waals surface area contributed by atoms with Crippen LogP contribution in [0.15, 0.2) is 4.52 Å². The number of nitrogens with one attached hydrogen (secondary N) is 2. The Labute approximate surface area is 146 Å². The lowest BCUT2D eigenvalue weighted by Crippen LogP contribution is -2.40. The molecule has 1 aliphatic rings. The summed E-state index contributed by atoms with van der Waals surface area (Å²) in [5, 5.41) is 14.1. The molecule has 0 aromatic carbocycles. The van der Waals surface area contributed by atoms with E-state index in [2.05, 4.69) is 30.9 Å². The summed E-state index contributed by atoms with van der Waals surface area (Å²) in [6.45, 7) is 7.31. The lowest BCUT2D eigenvalue weighted by Gasteiger charge is -2.23. The molecule has 2 aromatic heterocycles. The molecule has 0 unspecified atom stereocenters. The Bertz CT molecular complexity index is 722. The lowest BCUT2D eigenvalue weighted by molar-refractivity contribution is 0.232. The summed E-state index contributed by atoms with van der Waals surface area (Å²) in [6, 6.07) is -0.271. The van der Waals surface area contributed by atoms with Gasteiger partial charge in [0, 0.05) is 25.4 Å². The van der Waals surface area contributed by atoms with E-state index < -0.39 is 0 Å². The minimum atomic E-state index is -0.187. The van der Waals surface area contributed by atoms with Crippen LogP contribution in [0.1, 0.15) is 68.4 Å². The van der Waals surface area contributed by atoms with E-state index >= 15 is 0 Å².